The van der Waals surface area contributed by atoms with E-state index in [1.165, 1.54) is 6.07 Å². The standard InChI is InChI=1S/C16H12F5N3O4S.C2H6O/c1-27-9-4-2-3-8(11(9)16(19,20)28-21)14-13(25)12-15(23-6-5-22-12)24(29(14)26)7-10(17)18;1-3-2/h2-6,10,25H,7H2,1H3;1-2H3. The Morgan fingerprint density at radius 3 is 2.38 bits per heavy atom. The van der Waals surface area contributed by atoms with Crippen LogP contribution in [0.5, 0.6) is 5.75 Å². The molecule has 32 heavy (non-hydrogen) atoms. The normalized spacial score (nSPS) is 15.9. The molecule has 0 saturated carbocycles. The molecule has 0 amide bonds. The van der Waals surface area contributed by atoms with Crippen LogP contribution in [0.4, 0.5) is 27.9 Å². The lowest BCUT2D eigenvalue weighted by molar-refractivity contribution is -0.364. The summed E-state index contributed by atoms with van der Waals surface area (Å²) < 4.78 is 89.7. The average molecular weight is 483 g/mol. The Balaban J connectivity index is 0.00000114. The Kier molecular flexibility index (Phi) is 8.46. The first-order chi connectivity index (χ1) is 15.1. The van der Waals surface area contributed by atoms with Crippen molar-refractivity contribution < 1.29 is 45.8 Å². The van der Waals surface area contributed by atoms with Crippen molar-refractivity contribution in [3.63, 3.8) is 0 Å². The second-order valence-electron chi connectivity index (χ2n) is 5.99. The summed E-state index contributed by atoms with van der Waals surface area (Å²) in [5.41, 5.74) is -2.19. The van der Waals surface area contributed by atoms with E-state index in [4.69, 9.17) is 4.74 Å². The van der Waals surface area contributed by atoms with Crippen LogP contribution in [-0.4, -0.2) is 53.6 Å². The van der Waals surface area contributed by atoms with Gasteiger partial charge in [-0.05, 0) is 10.6 Å². The Morgan fingerprint density at radius 2 is 1.81 bits per heavy atom. The number of aliphatic hydroxyl groups excluding tert-OH is 1. The van der Waals surface area contributed by atoms with Crippen molar-refractivity contribution in [3.05, 3.63) is 47.4 Å². The largest absolute Gasteiger partial charge is 0.504 e. The molecule has 0 saturated heterocycles. The van der Waals surface area contributed by atoms with Gasteiger partial charge >= 0.3 is 6.11 Å². The maximum atomic E-state index is 14.2. The Morgan fingerprint density at radius 1 is 1.19 bits per heavy atom. The van der Waals surface area contributed by atoms with Crippen molar-refractivity contribution >= 4 is 27.5 Å². The molecule has 1 aliphatic heterocycles. The summed E-state index contributed by atoms with van der Waals surface area (Å²) in [6.07, 6.45) is -5.30. The second kappa shape index (κ2) is 10.7. The number of hydrogen-bond donors (Lipinski definition) is 1. The molecule has 1 N–H and O–H groups in total. The van der Waals surface area contributed by atoms with E-state index in [2.05, 4.69) is 19.6 Å². The van der Waals surface area contributed by atoms with Gasteiger partial charge in [-0.2, -0.15) is 8.78 Å². The maximum absolute atomic E-state index is 14.2. The number of aliphatic hydroxyl groups is 1. The highest BCUT2D eigenvalue weighted by Gasteiger charge is 2.44. The topological polar surface area (TPSA) is 94.0 Å². The van der Waals surface area contributed by atoms with E-state index < -0.39 is 57.6 Å². The number of anilines is 1. The highest BCUT2D eigenvalue weighted by atomic mass is 32.2. The quantitative estimate of drug-likeness (QED) is 0.624. The fourth-order valence-electron chi connectivity index (χ4n) is 2.79. The first-order valence-electron chi connectivity index (χ1n) is 8.62. The third-order valence-electron chi connectivity index (χ3n) is 3.91. The average Bonchev–Trinajstić information content (AvgIpc) is 2.77. The zero-order valence-corrected chi connectivity index (χ0v) is 17.7. The van der Waals surface area contributed by atoms with Crippen LogP contribution in [0.2, 0.25) is 0 Å². The third kappa shape index (κ3) is 4.97. The molecule has 1 aromatic heterocycles. The molecule has 1 atom stereocenters. The van der Waals surface area contributed by atoms with Gasteiger partial charge in [-0.1, -0.05) is 12.1 Å². The lowest BCUT2D eigenvalue weighted by atomic mass is 10.0. The summed E-state index contributed by atoms with van der Waals surface area (Å²) >= 11 is 0. The molecule has 0 aliphatic carbocycles. The van der Waals surface area contributed by atoms with Gasteiger partial charge in [-0.3, -0.25) is 4.31 Å². The van der Waals surface area contributed by atoms with Crippen LogP contribution in [0, 0.1) is 0 Å². The fraction of sp³-hybridized carbons (Fsp3) is 0.333. The highest BCUT2D eigenvalue weighted by Crippen LogP contribution is 2.46. The van der Waals surface area contributed by atoms with E-state index in [9.17, 15) is 31.4 Å². The fourth-order valence-corrected chi connectivity index (χ4v) is 4.17. The van der Waals surface area contributed by atoms with Gasteiger partial charge in [0.05, 0.1) is 13.7 Å². The molecule has 0 radical (unpaired) electrons. The molecule has 2 aromatic rings. The first kappa shape index (κ1) is 25.4. The Labute approximate surface area is 181 Å². The number of aromatic nitrogens is 2. The second-order valence-corrected chi connectivity index (χ2v) is 7.34. The smallest absolute Gasteiger partial charge is 0.417 e. The number of halogens is 5. The SMILES string of the molecule is COC.COc1cccc(C2=C(O)c3nccnc3N(CC(F)F)S2=O)c1C(F)(F)OF. The number of ether oxygens (including phenoxy) is 2. The number of alkyl halides is 4. The van der Waals surface area contributed by atoms with Gasteiger partial charge in [0.1, 0.15) is 21.9 Å². The number of methoxy groups -OCH3 is 2. The number of benzene rings is 1. The van der Waals surface area contributed by atoms with Gasteiger partial charge < -0.3 is 14.6 Å². The zero-order valence-electron chi connectivity index (χ0n) is 16.9. The molecule has 14 heteroatoms. The molecule has 1 aliphatic rings. The van der Waals surface area contributed by atoms with Gasteiger partial charge in [-0.25, -0.2) is 23.0 Å². The van der Waals surface area contributed by atoms with Crippen molar-refractivity contribution in [2.75, 3.05) is 32.2 Å². The summed E-state index contributed by atoms with van der Waals surface area (Å²) in [7, 11) is 1.65. The molecule has 0 bridgehead atoms. The summed E-state index contributed by atoms with van der Waals surface area (Å²) in [5, 5.41) is 10.6. The number of nitrogens with zero attached hydrogens (tertiary/aromatic N) is 3. The van der Waals surface area contributed by atoms with E-state index in [0.29, 0.717) is 4.31 Å². The molecule has 0 fully saturated rings. The van der Waals surface area contributed by atoms with Gasteiger partial charge in [0.25, 0.3) is 6.43 Å². The van der Waals surface area contributed by atoms with E-state index in [0.717, 1.165) is 31.6 Å². The summed E-state index contributed by atoms with van der Waals surface area (Å²) in [5.74, 6) is -1.72. The molecule has 176 valence electrons. The predicted octanol–water partition coefficient (Wildman–Crippen LogP) is 3.83. The lowest BCUT2D eigenvalue weighted by Crippen LogP contribution is -2.36. The molecule has 1 aromatic carbocycles. The number of hydrogen-bond acceptors (Lipinski definition) is 7. The van der Waals surface area contributed by atoms with Gasteiger partial charge in [-0.15, -0.1) is 4.94 Å². The Hall–Kier alpha value is -2.84. The van der Waals surface area contributed by atoms with Crippen LogP contribution in [0.15, 0.2) is 30.6 Å². The molecular weight excluding hydrogens is 465 g/mol. The first-order valence-corrected chi connectivity index (χ1v) is 9.72. The minimum atomic E-state index is -4.56. The van der Waals surface area contributed by atoms with Crippen LogP contribution in [0.1, 0.15) is 16.8 Å². The van der Waals surface area contributed by atoms with Crippen LogP contribution in [-0.2, 0) is 26.8 Å². The summed E-state index contributed by atoms with van der Waals surface area (Å²) in [6.45, 7) is -1.09. The van der Waals surface area contributed by atoms with Crippen molar-refractivity contribution in [3.8, 4) is 5.75 Å². The van der Waals surface area contributed by atoms with E-state index in [1.807, 2.05) is 0 Å². The lowest BCUT2D eigenvalue weighted by Gasteiger charge is -2.30. The summed E-state index contributed by atoms with van der Waals surface area (Å²) in [6, 6.07) is 3.24. The molecule has 1 unspecified atom stereocenters. The zero-order chi connectivity index (χ0) is 24.1. The van der Waals surface area contributed by atoms with Crippen molar-refractivity contribution in [2.24, 2.45) is 0 Å². The molecule has 2 heterocycles. The minimum absolute atomic E-state index is 0.328. The van der Waals surface area contributed by atoms with Crippen LogP contribution >= 0.6 is 0 Å². The number of rotatable bonds is 6. The predicted molar refractivity (Wildman–Crippen MR) is 105 cm³/mol. The van der Waals surface area contributed by atoms with Crippen LogP contribution in [0.25, 0.3) is 10.7 Å². The van der Waals surface area contributed by atoms with Crippen LogP contribution < -0.4 is 9.04 Å². The van der Waals surface area contributed by atoms with Crippen molar-refractivity contribution in [1.29, 1.82) is 0 Å². The molecule has 3 rings (SSSR count). The van der Waals surface area contributed by atoms with Crippen LogP contribution in [0.3, 0.4) is 0 Å². The van der Waals surface area contributed by atoms with E-state index >= 15 is 0 Å². The highest BCUT2D eigenvalue weighted by molar-refractivity contribution is 7.96. The van der Waals surface area contributed by atoms with E-state index in [1.54, 1.807) is 14.2 Å². The molecule has 0 spiro atoms. The maximum Gasteiger partial charge on any atom is 0.417 e. The minimum Gasteiger partial charge on any atom is -0.504 e. The molecule has 8 nitrogen and oxygen atoms in total. The van der Waals surface area contributed by atoms with E-state index in [-0.39, 0.29) is 11.5 Å². The third-order valence-corrected chi connectivity index (χ3v) is 5.40. The monoisotopic (exact) mass is 483 g/mol. The molecular formula is C18H18F5N3O5S. The van der Waals surface area contributed by atoms with Crippen molar-refractivity contribution in [1.82, 2.24) is 9.97 Å². The Bertz CT molecular complexity index is 1010. The van der Waals surface area contributed by atoms with Gasteiger partial charge in [0.15, 0.2) is 22.6 Å². The summed E-state index contributed by atoms with van der Waals surface area (Å²) in [4.78, 5) is 9.64. The van der Waals surface area contributed by atoms with Crippen molar-refractivity contribution in [2.45, 2.75) is 12.5 Å². The van der Waals surface area contributed by atoms with Gasteiger partial charge in [0.2, 0.25) is 0 Å². The number of fused-ring (bicyclic) bond motifs is 1. The van der Waals surface area contributed by atoms with Gasteiger partial charge in [0, 0.05) is 32.2 Å².